The zero-order valence-electron chi connectivity index (χ0n) is 40.3. The van der Waals surface area contributed by atoms with Gasteiger partial charge in [-0.3, -0.25) is 57.5 Å². The van der Waals surface area contributed by atoms with Gasteiger partial charge in [0.15, 0.2) is 11.6 Å². The Kier molecular flexibility index (Phi) is 22.9. The van der Waals surface area contributed by atoms with Crippen molar-refractivity contribution in [2.24, 2.45) is 35.0 Å². The van der Waals surface area contributed by atoms with Crippen molar-refractivity contribution in [3.8, 4) is 5.75 Å². The first-order valence-corrected chi connectivity index (χ1v) is 23.8. The van der Waals surface area contributed by atoms with Crippen molar-refractivity contribution in [2.75, 3.05) is 13.1 Å². The number of nitrogens with zero attached hydrogens (tertiary/aromatic N) is 1. The number of aromatic hydroxyl groups is 1. The summed E-state index contributed by atoms with van der Waals surface area (Å²) in [6.45, 7) is 6.41. The van der Waals surface area contributed by atoms with Gasteiger partial charge in [-0.1, -0.05) is 46.2 Å². The molecule has 0 unspecified atom stereocenters. The van der Waals surface area contributed by atoms with Crippen molar-refractivity contribution in [1.29, 1.82) is 0 Å². The van der Waals surface area contributed by atoms with E-state index in [1.54, 1.807) is 13.8 Å². The Balaban J connectivity index is 2.08. The fraction of sp³-hybridized carbons (Fsp3) is 0.617. The fourth-order valence-corrected chi connectivity index (χ4v) is 8.21. The molecule has 10 amide bonds. The van der Waals surface area contributed by atoms with Crippen molar-refractivity contribution in [3.05, 3.63) is 29.8 Å². The number of nitrogens with two attached hydrogens (primary N) is 3. The fourth-order valence-electron chi connectivity index (χ4n) is 8.21. The molecule has 0 aromatic heterocycles. The monoisotopic (exact) mass is 983 g/mol. The molecule has 0 aliphatic carbocycles. The van der Waals surface area contributed by atoms with Crippen LogP contribution in [0, 0.1) is 17.8 Å². The van der Waals surface area contributed by atoms with Crippen LogP contribution in [0.1, 0.15) is 117 Å². The number of Topliss-reactive ketones (excluding diaryl/α,β-unsaturated/α-hetero) is 2. The van der Waals surface area contributed by atoms with Crippen LogP contribution in [0.25, 0.3) is 0 Å². The number of phenolic OH excluding ortho intramolecular Hbond substituents is 1. The molecule has 0 bridgehead atoms. The van der Waals surface area contributed by atoms with Crippen LogP contribution < -0.4 is 49.1 Å². The smallest absolute Gasteiger partial charge is 0.245 e. The number of amides is 10. The minimum atomic E-state index is -1.58. The molecular weight excluding hydrogens is 913 g/mol. The van der Waals surface area contributed by atoms with E-state index >= 15 is 0 Å². The molecule has 23 heteroatoms. The van der Waals surface area contributed by atoms with Crippen LogP contribution in [-0.2, 0) is 64.0 Å². The molecule has 0 spiro atoms. The van der Waals surface area contributed by atoms with Gasteiger partial charge in [0.1, 0.15) is 29.9 Å². The van der Waals surface area contributed by atoms with Crippen LogP contribution in [0.4, 0.5) is 0 Å². The number of carbonyl (C=O) groups excluding carboxylic acids is 12. The highest BCUT2D eigenvalue weighted by Crippen LogP contribution is 2.22. The van der Waals surface area contributed by atoms with Crippen LogP contribution >= 0.6 is 0 Å². The molecule has 2 fully saturated rings. The zero-order chi connectivity index (χ0) is 52.2. The second-order valence-electron chi connectivity index (χ2n) is 18.5. The highest BCUT2D eigenvalue weighted by Gasteiger charge is 2.40. The number of hydrogen-bond donors (Lipinski definition) is 10. The SMILES string of the molecule is CC[C@H](C)[C@@H]1NC(=O)[C@H](Cc2ccc(O)cc2)NC(=O)CNC(=O)CC[C@@H](C(=O)N2CCCC[C@H]2C(=O)N[C@@H](CC(C)C)C(=O)CCC(N)=O)NC(=O)[C@H](CC(N)=O)CC(=O)[C@H](CCC(N)=O)NC1=O. The maximum Gasteiger partial charge on any atom is 0.245 e. The topological polar surface area (TPSA) is 379 Å². The summed E-state index contributed by atoms with van der Waals surface area (Å²) >= 11 is 0. The minimum Gasteiger partial charge on any atom is -0.508 e. The molecule has 2 saturated heterocycles. The van der Waals surface area contributed by atoms with Gasteiger partial charge in [0, 0.05) is 51.5 Å². The summed E-state index contributed by atoms with van der Waals surface area (Å²) in [5.41, 5.74) is 16.7. The molecule has 2 aliphatic heterocycles. The lowest BCUT2D eigenvalue weighted by atomic mass is 9.91. The summed E-state index contributed by atoms with van der Waals surface area (Å²) in [5, 5.41) is 25.3. The average molecular weight is 983 g/mol. The van der Waals surface area contributed by atoms with Crippen LogP contribution in [0.5, 0.6) is 5.75 Å². The normalized spacial score (nSPS) is 23.3. The summed E-state index contributed by atoms with van der Waals surface area (Å²) in [7, 11) is 0. The van der Waals surface area contributed by atoms with Crippen molar-refractivity contribution < 1.29 is 62.6 Å². The van der Waals surface area contributed by atoms with Crippen LogP contribution in [0.3, 0.4) is 0 Å². The van der Waals surface area contributed by atoms with E-state index in [0.717, 1.165) is 0 Å². The highest BCUT2D eigenvalue weighted by molar-refractivity contribution is 5.99. The van der Waals surface area contributed by atoms with E-state index in [2.05, 4.69) is 31.9 Å². The molecule has 3 rings (SSSR count). The van der Waals surface area contributed by atoms with Crippen LogP contribution in [-0.4, -0.2) is 130 Å². The van der Waals surface area contributed by atoms with Crippen LogP contribution in [0.15, 0.2) is 24.3 Å². The summed E-state index contributed by atoms with van der Waals surface area (Å²) < 4.78 is 0. The Morgan fingerprint density at radius 3 is 2.06 bits per heavy atom. The van der Waals surface area contributed by atoms with E-state index in [4.69, 9.17) is 17.2 Å². The number of hydrogen-bond acceptors (Lipinski definition) is 13. The van der Waals surface area contributed by atoms with Gasteiger partial charge in [0.2, 0.25) is 59.1 Å². The summed E-state index contributed by atoms with van der Waals surface area (Å²) in [6, 6.07) is -2.15. The first kappa shape index (κ1) is 57.4. The number of likely N-dealkylation sites (tertiary alicyclic amines) is 1. The lowest BCUT2D eigenvalue weighted by Crippen LogP contribution is -2.60. The van der Waals surface area contributed by atoms with Gasteiger partial charge in [-0.25, -0.2) is 0 Å². The first-order chi connectivity index (χ1) is 33.0. The zero-order valence-corrected chi connectivity index (χ0v) is 40.3. The van der Waals surface area contributed by atoms with Crippen molar-refractivity contribution in [2.45, 2.75) is 154 Å². The quantitative estimate of drug-likeness (QED) is 0.0785. The van der Waals surface area contributed by atoms with Gasteiger partial charge >= 0.3 is 0 Å². The first-order valence-electron chi connectivity index (χ1n) is 23.8. The molecule has 1 aromatic rings. The molecule has 1 aromatic carbocycles. The van der Waals surface area contributed by atoms with Gasteiger partial charge in [0.25, 0.3) is 0 Å². The third-order valence-corrected chi connectivity index (χ3v) is 12.3. The number of primary amides is 3. The van der Waals surface area contributed by atoms with E-state index in [0.29, 0.717) is 24.8 Å². The second-order valence-corrected chi connectivity index (χ2v) is 18.5. The Labute approximate surface area is 406 Å². The Hall–Kier alpha value is -6.94. The molecular formula is C47H70N10O13. The molecule has 0 radical (unpaired) electrons. The molecule has 2 heterocycles. The molecule has 23 nitrogen and oxygen atoms in total. The van der Waals surface area contributed by atoms with E-state index in [1.807, 2.05) is 13.8 Å². The van der Waals surface area contributed by atoms with Gasteiger partial charge in [-0.15, -0.1) is 0 Å². The lowest BCUT2D eigenvalue weighted by molar-refractivity contribution is -0.146. The molecule has 8 atom stereocenters. The van der Waals surface area contributed by atoms with Gasteiger partial charge in [-0.2, -0.15) is 0 Å². The minimum absolute atomic E-state index is 0.0150. The molecule has 70 heavy (non-hydrogen) atoms. The second kappa shape index (κ2) is 27.9. The average Bonchev–Trinajstić information content (AvgIpc) is 3.30. The van der Waals surface area contributed by atoms with E-state index in [9.17, 15) is 62.6 Å². The standard InChI is InChI=1S/C47H70N10O13/c1-5-26(4)42-46(69)53-30(13-16-37(48)61)36(60)22-28(23-39(50)63)43(66)54-31(14-18-40(64)51-24-41(65)52-33(44(67)56-42)21-27-9-11-29(58)12-10-27)47(70)57-19-7-6-8-34(57)45(68)55-32(20-25(2)3)35(59)15-17-38(49)62/h9-12,25-26,28,30-34,42,58H,5-8,13-24H2,1-4H3,(H2,48,61)(H2,49,62)(H2,50,63)(H,51,64)(H,52,65)(H,53,69)(H,54,66)(H,55,68)(H,56,67)/t26-,28-,30-,31-,32-,33-,34-,42-/m0/s1. The third kappa shape index (κ3) is 18.9. The van der Waals surface area contributed by atoms with E-state index < -0.39 is 157 Å². The number of ketones is 2. The van der Waals surface area contributed by atoms with Gasteiger partial charge < -0.3 is 59.1 Å². The molecule has 386 valence electrons. The Morgan fingerprint density at radius 2 is 1.44 bits per heavy atom. The summed E-state index contributed by atoms with van der Waals surface area (Å²) in [4.78, 5) is 162. The number of piperidine rings is 1. The van der Waals surface area contributed by atoms with Gasteiger partial charge in [0.05, 0.1) is 24.5 Å². The van der Waals surface area contributed by atoms with Gasteiger partial charge in [-0.05, 0) is 68.1 Å². The number of nitrogens with one attached hydrogen (secondary N) is 6. The number of benzene rings is 1. The molecule has 2 aliphatic rings. The number of carbonyl (C=O) groups is 12. The Morgan fingerprint density at radius 1 is 0.771 bits per heavy atom. The summed E-state index contributed by atoms with van der Waals surface area (Å²) in [5.74, 6) is -11.9. The van der Waals surface area contributed by atoms with E-state index in [-0.39, 0.29) is 56.7 Å². The maximum atomic E-state index is 14.6. The summed E-state index contributed by atoms with van der Waals surface area (Å²) in [6.07, 6.45) is -2.13. The van der Waals surface area contributed by atoms with Crippen LogP contribution in [0.2, 0.25) is 0 Å². The molecule has 0 saturated carbocycles. The maximum absolute atomic E-state index is 14.6. The van der Waals surface area contributed by atoms with Crippen molar-refractivity contribution in [1.82, 2.24) is 36.8 Å². The lowest BCUT2D eigenvalue weighted by Gasteiger charge is -2.38. The van der Waals surface area contributed by atoms with Crippen molar-refractivity contribution in [3.63, 3.8) is 0 Å². The predicted octanol–water partition coefficient (Wildman–Crippen LogP) is -1.71. The van der Waals surface area contributed by atoms with E-state index in [1.165, 1.54) is 29.2 Å². The Bertz CT molecular complexity index is 2100. The highest BCUT2D eigenvalue weighted by atomic mass is 16.3. The number of rotatable bonds is 18. The largest absolute Gasteiger partial charge is 0.508 e. The molecule has 13 N–H and O–H groups in total. The third-order valence-electron chi connectivity index (χ3n) is 12.3. The van der Waals surface area contributed by atoms with Crippen molar-refractivity contribution >= 4 is 70.6 Å². The predicted molar refractivity (Wildman–Crippen MR) is 251 cm³/mol. The number of phenols is 1.